The molecule has 2 heteroatoms. The van der Waals surface area contributed by atoms with E-state index in [1.165, 1.54) is 0 Å². The normalized spacial score (nSPS) is 11.4. The molecule has 0 radical (unpaired) electrons. The smallest absolute Gasteiger partial charge is 0.0930 e. The average molecular weight is 183 g/mol. The van der Waals surface area contributed by atoms with E-state index in [0.29, 0.717) is 0 Å². The van der Waals surface area contributed by atoms with Crippen LogP contribution in [-0.4, -0.2) is 7.11 Å². The first kappa shape index (κ1) is 9.14. The largest absolute Gasteiger partial charge is 0.501 e. The van der Waals surface area contributed by atoms with Crippen LogP contribution >= 0.6 is 11.6 Å². The summed E-state index contributed by atoms with van der Waals surface area (Å²) < 4.78 is 5.01. The Hall–Kier alpha value is -0.950. The van der Waals surface area contributed by atoms with E-state index in [1.54, 1.807) is 7.11 Å². The highest BCUT2D eigenvalue weighted by Gasteiger charge is 1.90. The summed E-state index contributed by atoms with van der Waals surface area (Å²) in [6.07, 6.45) is 1.95. The molecule has 0 saturated carbocycles. The molecule has 0 aliphatic rings. The van der Waals surface area contributed by atoms with Crippen molar-refractivity contribution in [3.63, 3.8) is 0 Å². The van der Waals surface area contributed by atoms with Gasteiger partial charge < -0.3 is 4.74 Å². The van der Waals surface area contributed by atoms with Gasteiger partial charge in [-0.2, -0.15) is 0 Å². The van der Waals surface area contributed by atoms with Gasteiger partial charge in [0.1, 0.15) is 0 Å². The van der Waals surface area contributed by atoms with E-state index in [9.17, 15) is 0 Å². The van der Waals surface area contributed by atoms with Crippen LogP contribution < -0.4 is 0 Å². The van der Waals surface area contributed by atoms with Crippen LogP contribution in [0.1, 0.15) is 12.5 Å². The first-order chi connectivity index (χ1) is 5.72. The SMILES string of the molecule is CO/C(C)=C\c1ccc(Cl)cc1. The van der Waals surface area contributed by atoms with Crippen LogP contribution in [0, 0.1) is 0 Å². The minimum Gasteiger partial charge on any atom is -0.501 e. The zero-order chi connectivity index (χ0) is 8.97. The van der Waals surface area contributed by atoms with Crippen LogP contribution in [0.4, 0.5) is 0 Å². The number of hydrogen-bond acceptors (Lipinski definition) is 1. The summed E-state index contributed by atoms with van der Waals surface area (Å²) in [5, 5.41) is 0.752. The van der Waals surface area contributed by atoms with Crippen molar-refractivity contribution < 1.29 is 4.74 Å². The lowest BCUT2D eigenvalue weighted by molar-refractivity contribution is 0.297. The van der Waals surface area contributed by atoms with Gasteiger partial charge in [0.05, 0.1) is 12.9 Å². The summed E-state index contributed by atoms with van der Waals surface area (Å²) >= 11 is 5.73. The zero-order valence-electron chi connectivity index (χ0n) is 7.17. The maximum absolute atomic E-state index is 5.73. The Balaban J connectivity index is 2.84. The molecule has 1 aromatic rings. The molecule has 0 bridgehead atoms. The molecule has 1 rings (SSSR count). The molecule has 0 atom stereocenters. The van der Waals surface area contributed by atoms with Crippen LogP contribution in [0.3, 0.4) is 0 Å². The van der Waals surface area contributed by atoms with Gasteiger partial charge in [-0.3, -0.25) is 0 Å². The lowest BCUT2D eigenvalue weighted by atomic mass is 10.2. The summed E-state index contributed by atoms with van der Waals surface area (Å²) in [5.41, 5.74) is 1.10. The van der Waals surface area contributed by atoms with Crippen molar-refractivity contribution in [1.82, 2.24) is 0 Å². The molecule has 0 saturated heterocycles. The van der Waals surface area contributed by atoms with Crippen molar-refractivity contribution >= 4 is 17.7 Å². The molecule has 1 nitrogen and oxygen atoms in total. The molecule has 0 aliphatic heterocycles. The summed E-state index contributed by atoms with van der Waals surface area (Å²) in [6, 6.07) is 7.61. The molecule has 0 amide bonds. The molecule has 12 heavy (non-hydrogen) atoms. The first-order valence-corrected chi connectivity index (χ1v) is 4.08. The maximum Gasteiger partial charge on any atom is 0.0930 e. The van der Waals surface area contributed by atoms with Crippen molar-refractivity contribution in [1.29, 1.82) is 0 Å². The Labute approximate surface area is 77.6 Å². The number of allylic oxidation sites excluding steroid dienone is 1. The number of methoxy groups -OCH3 is 1. The van der Waals surface area contributed by atoms with Crippen molar-refractivity contribution in [2.45, 2.75) is 6.92 Å². The van der Waals surface area contributed by atoms with Gasteiger partial charge in [0.2, 0.25) is 0 Å². The predicted octanol–water partition coefficient (Wildman–Crippen LogP) is 3.35. The van der Waals surface area contributed by atoms with Crippen LogP contribution in [0.5, 0.6) is 0 Å². The van der Waals surface area contributed by atoms with Crippen molar-refractivity contribution in [2.24, 2.45) is 0 Å². The number of rotatable bonds is 2. The average Bonchev–Trinajstić information content (AvgIpc) is 2.09. The lowest BCUT2D eigenvalue weighted by Crippen LogP contribution is -1.79. The van der Waals surface area contributed by atoms with Crippen LogP contribution in [0.15, 0.2) is 30.0 Å². The topological polar surface area (TPSA) is 9.23 Å². The van der Waals surface area contributed by atoms with E-state index < -0.39 is 0 Å². The van der Waals surface area contributed by atoms with Gasteiger partial charge in [-0.25, -0.2) is 0 Å². The zero-order valence-corrected chi connectivity index (χ0v) is 7.93. The number of benzene rings is 1. The predicted molar refractivity (Wildman–Crippen MR) is 52.1 cm³/mol. The van der Waals surface area contributed by atoms with Gasteiger partial charge in [-0.05, 0) is 30.7 Å². The fourth-order valence-corrected chi connectivity index (χ4v) is 0.979. The fourth-order valence-electron chi connectivity index (χ4n) is 0.853. The highest BCUT2D eigenvalue weighted by molar-refractivity contribution is 6.30. The third kappa shape index (κ3) is 2.59. The summed E-state index contributed by atoms with van der Waals surface area (Å²) in [6.45, 7) is 1.91. The molecule has 64 valence electrons. The van der Waals surface area contributed by atoms with Gasteiger partial charge in [0, 0.05) is 5.02 Å². The third-order valence-corrected chi connectivity index (χ3v) is 1.81. The minimum atomic E-state index is 0.752. The second kappa shape index (κ2) is 4.17. The minimum absolute atomic E-state index is 0.752. The molecule has 0 fully saturated rings. The molecule has 0 unspecified atom stereocenters. The molecule has 0 spiro atoms. The van der Waals surface area contributed by atoms with Gasteiger partial charge in [0.15, 0.2) is 0 Å². The van der Waals surface area contributed by atoms with Crippen molar-refractivity contribution in [3.05, 3.63) is 40.6 Å². The van der Waals surface area contributed by atoms with Crippen LogP contribution in [0.25, 0.3) is 6.08 Å². The molecule has 0 aromatic heterocycles. The maximum atomic E-state index is 5.73. The van der Waals surface area contributed by atoms with Crippen molar-refractivity contribution in [2.75, 3.05) is 7.11 Å². The van der Waals surface area contributed by atoms with E-state index in [1.807, 2.05) is 37.3 Å². The Morgan fingerprint density at radius 3 is 2.42 bits per heavy atom. The third-order valence-electron chi connectivity index (χ3n) is 1.56. The highest BCUT2D eigenvalue weighted by atomic mass is 35.5. The quantitative estimate of drug-likeness (QED) is 0.638. The van der Waals surface area contributed by atoms with Gasteiger partial charge in [-0.1, -0.05) is 23.7 Å². The Morgan fingerprint density at radius 1 is 1.33 bits per heavy atom. The number of halogens is 1. The number of hydrogen-bond donors (Lipinski definition) is 0. The summed E-state index contributed by atoms with van der Waals surface area (Å²) in [4.78, 5) is 0. The molecule has 0 N–H and O–H groups in total. The Morgan fingerprint density at radius 2 is 1.92 bits per heavy atom. The molecule has 0 heterocycles. The lowest BCUT2D eigenvalue weighted by Gasteiger charge is -1.98. The Bertz CT molecular complexity index is 274. The Kier molecular flexibility index (Phi) is 3.18. The first-order valence-electron chi connectivity index (χ1n) is 3.70. The van der Waals surface area contributed by atoms with Gasteiger partial charge in [-0.15, -0.1) is 0 Å². The highest BCUT2D eigenvalue weighted by Crippen LogP contribution is 2.12. The standard InChI is InChI=1S/C10H11ClO/c1-8(12-2)7-9-3-5-10(11)6-4-9/h3-7H,1-2H3/b8-7-. The van der Waals surface area contributed by atoms with E-state index in [4.69, 9.17) is 16.3 Å². The van der Waals surface area contributed by atoms with E-state index in [0.717, 1.165) is 16.3 Å². The van der Waals surface area contributed by atoms with Gasteiger partial charge >= 0.3 is 0 Å². The fraction of sp³-hybridized carbons (Fsp3) is 0.200. The van der Waals surface area contributed by atoms with Crippen LogP contribution in [0.2, 0.25) is 5.02 Å². The summed E-state index contributed by atoms with van der Waals surface area (Å²) in [7, 11) is 1.65. The van der Waals surface area contributed by atoms with E-state index in [-0.39, 0.29) is 0 Å². The van der Waals surface area contributed by atoms with Crippen LogP contribution in [-0.2, 0) is 4.74 Å². The van der Waals surface area contributed by atoms with Gasteiger partial charge in [0.25, 0.3) is 0 Å². The monoisotopic (exact) mass is 182 g/mol. The molecular weight excluding hydrogens is 172 g/mol. The molecular formula is C10H11ClO. The second-order valence-electron chi connectivity index (χ2n) is 2.51. The van der Waals surface area contributed by atoms with E-state index >= 15 is 0 Å². The number of ether oxygens (including phenoxy) is 1. The molecule has 1 aromatic carbocycles. The van der Waals surface area contributed by atoms with E-state index in [2.05, 4.69) is 0 Å². The van der Waals surface area contributed by atoms with Crippen molar-refractivity contribution in [3.8, 4) is 0 Å². The summed E-state index contributed by atoms with van der Waals surface area (Å²) in [5.74, 6) is 0.886. The second-order valence-corrected chi connectivity index (χ2v) is 2.95. The molecule has 0 aliphatic carbocycles.